The third-order valence-corrected chi connectivity index (χ3v) is 3.46. The van der Waals surface area contributed by atoms with Gasteiger partial charge in [0.2, 0.25) is 0 Å². The quantitative estimate of drug-likeness (QED) is 0.568. The summed E-state index contributed by atoms with van der Waals surface area (Å²) in [5, 5.41) is 0. The summed E-state index contributed by atoms with van der Waals surface area (Å²) in [7, 11) is 1.63. The average Bonchev–Trinajstić information content (AvgIpc) is 2.59. The number of aliphatic imine (C=N–C) groups is 1. The highest BCUT2D eigenvalue weighted by molar-refractivity contribution is 6.01. The highest BCUT2D eigenvalue weighted by Crippen LogP contribution is 2.16. The maximum absolute atomic E-state index is 12.6. The van der Waals surface area contributed by atoms with E-state index in [2.05, 4.69) is 11.9 Å². The van der Waals surface area contributed by atoms with Crippen molar-refractivity contribution in [3.63, 3.8) is 0 Å². The van der Waals surface area contributed by atoms with Crippen LogP contribution in [0.3, 0.4) is 0 Å². The lowest BCUT2D eigenvalue weighted by atomic mass is 10.0. The topological polar surface area (TPSA) is 38.7 Å². The van der Waals surface area contributed by atoms with E-state index >= 15 is 0 Å². The van der Waals surface area contributed by atoms with Gasteiger partial charge in [0, 0.05) is 17.3 Å². The Morgan fingerprint density at radius 2 is 1.82 bits per heavy atom. The van der Waals surface area contributed by atoms with Gasteiger partial charge in [-0.3, -0.25) is 9.79 Å². The van der Waals surface area contributed by atoms with Crippen molar-refractivity contribution in [3.05, 3.63) is 65.7 Å². The van der Waals surface area contributed by atoms with Gasteiger partial charge in [0.25, 0.3) is 0 Å². The van der Waals surface area contributed by atoms with E-state index in [1.165, 1.54) is 0 Å². The van der Waals surface area contributed by atoms with Crippen molar-refractivity contribution in [3.8, 4) is 5.75 Å². The fourth-order valence-corrected chi connectivity index (χ4v) is 2.28. The number of hydrogen-bond acceptors (Lipinski definition) is 3. The number of carbonyl (C=O) groups is 1. The van der Waals surface area contributed by atoms with Gasteiger partial charge in [0.1, 0.15) is 11.8 Å². The molecule has 2 rings (SSSR count). The van der Waals surface area contributed by atoms with Gasteiger partial charge < -0.3 is 4.74 Å². The van der Waals surface area contributed by atoms with Crippen LogP contribution < -0.4 is 4.74 Å². The maximum Gasteiger partial charge on any atom is 0.187 e. The Kier molecular flexibility index (Phi) is 5.90. The first kappa shape index (κ1) is 16.0. The van der Waals surface area contributed by atoms with Crippen LogP contribution >= 0.6 is 0 Å². The van der Waals surface area contributed by atoms with E-state index in [1.54, 1.807) is 13.3 Å². The highest BCUT2D eigenvalue weighted by Gasteiger charge is 2.17. The first-order chi connectivity index (χ1) is 10.8. The number of para-hydroxylation sites is 1. The monoisotopic (exact) mass is 295 g/mol. The van der Waals surface area contributed by atoms with E-state index in [4.69, 9.17) is 4.74 Å². The normalized spacial score (nSPS) is 12.3. The molecular weight excluding hydrogens is 274 g/mol. The molecule has 0 fully saturated rings. The largest absolute Gasteiger partial charge is 0.496 e. The average molecular weight is 295 g/mol. The number of hydrogen-bond donors (Lipinski definition) is 0. The van der Waals surface area contributed by atoms with E-state index in [1.807, 2.05) is 54.6 Å². The summed E-state index contributed by atoms with van der Waals surface area (Å²) in [5.41, 5.74) is 1.59. The van der Waals surface area contributed by atoms with Crippen LogP contribution in [0.5, 0.6) is 5.75 Å². The molecule has 1 atom stereocenters. The van der Waals surface area contributed by atoms with E-state index < -0.39 is 0 Å². The lowest BCUT2D eigenvalue weighted by molar-refractivity contribution is 0.0958. The van der Waals surface area contributed by atoms with E-state index in [0.29, 0.717) is 5.56 Å². The van der Waals surface area contributed by atoms with Crippen LogP contribution in [-0.4, -0.2) is 25.1 Å². The van der Waals surface area contributed by atoms with E-state index in [-0.39, 0.29) is 11.8 Å². The Morgan fingerprint density at radius 3 is 2.50 bits per heavy atom. The standard InChI is InChI=1S/C19H21NO2/c1-3-9-17(19(21)15-10-5-4-6-11-15)20-14-16-12-7-8-13-18(16)22-2/h4-8,10-14,17H,3,9H2,1-2H3. The second-order valence-corrected chi connectivity index (χ2v) is 5.05. The van der Waals surface area contributed by atoms with E-state index in [0.717, 1.165) is 24.2 Å². The number of methoxy groups -OCH3 is 1. The Morgan fingerprint density at radius 1 is 1.14 bits per heavy atom. The van der Waals surface area contributed by atoms with Gasteiger partial charge in [-0.15, -0.1) is 0 Å². The summed E-state index contributed by atoms with van der Waals surface area (Å²) in [4.78, 5) is 17.1. The number of ketones is 1. The van der Waals surface area contributed by atoms with Gasteiger partial charge in [0.15, 0.2) is 5.78 Å². The van der Waals surface area contributed by atoms with Crippen molar-refractivity contribution in [2.75, 3.05) is 7.11 Å². The molecule has 0 aliphatic rings. The number of ether oxygens (including phenoxy) is 1. The molecule has 0 N–H and O–H groups in total. The van der Waals surface area contributed by atoms with Gasteiger partial charge in [-0.25, -0.2) is 0 Å². The van der Waals surface area contributed by atoms with E-state index in [9.17, 15) is 4.79 Å². The smallest absolute Gasteiger partial charge is 0.187 e. The molecule has 0 saturated carbocycles. The minimum atomic E-state index is -0.350. The molecule has 1 unspecified atom stereocenters. The number of rotatable bonds is 7. The Hall–Kier alpha value is -2.42. The van der Waals surface area contributed by atoms with Gasteiger partial charge >= 0.3 is 0 Å². The number of carbonyl (C=O) groups excluding carboxylic acids is 1. The van der Waals surface area contributed by atoms with Crippen molar-refractivity contribution in [1.29, 1.82) is 0 Å². The lowest BCUT2D eigenvalue weighted by Gasteiger charge is -2.11. The minimum absolute atomic E-state index is 0.0635. The van der Waals surface area contributed by atoms with Crippen LogP contribution in [-0.2, 0) is 0 Å². The molecule has 0 radical (unpaired) electrons. The third kappa shape index (κ3) is 4.04. The third-order valence-electron chi connectivity index (χ3n) is 3.46. The van der Waals surface area contributed by atoms with Gasteiger partial charge in [-0.1, -0.05) is 55.8 Å². The summed E-state index contributed by atoms with van der Waals surface area (Å²) >= 11 is 0. The van der Waals surface area contributed by atoms with Crippen molar-refractivity contribution in [2.45, 2.75) is 25.8 Å². The zero-order valence-corrected chi connectivity index (χ0v) is 13.0. The molecule has 3 nitrogen and oxygen atoms in total. The van der Waals surface area contributed by atoms with Gasteiger partial charge in [0.05, 0.1) is 7.11 Å². The van der Waals surface area contributed by atoms with Crippen molar-refractivity contribution in [2.24, 2.45) is 4.99 Å². The number of benzene rings is 2. The molecule has 114 valence electrons. The molecule has 0 saturated heterocycles. The fraction of sp³-hybridized carbons (Fsp3) is 0.263. The zero-order chi connectivity index (χ0) is 15.8. The molecular formula is C19H21NO2. The van der Waals surface area contributed by atoms with Crippen LogP contribution in [0.2, 0.25) is 0 Å². The maximum atomic E-state index is 12.6. The SMILES string of the molecule is CCCC(N=Cc1ccccc1OC)C(=O)c1ccccc1. The molecule has 0 amide bonds. The van der Waals surface area contributed by atoms with Gasteiger partial charge in [-0.2, -0.15) is 0 Å². The highest BCUT2D eigenvalue weighted by atomic mass is 16.5. The molecule has 3 heteroatoms. The van der Waals surface area contributed by atoms with Crippen molar-refractivity contribution >= 4 is 12.0 Å². The Balaban J connectivity index is 2.21. The molecule has 2 aromatic rings. The molecule has 0 aliphatic heterocycles. The minimum Gasteiger partial charge on any atom is -0.496 e. The summed E-state index contributed by atoms with van der Waals surface area (Å²) in [5.74, 6) is 0.822. The fourth-order valence-electron chi connectivity index (χ4n) is 2.28. The van der Waals surface area contributed by atoms with Crippen LogP contribution in [0, 0.1) is 0 Å². The molecule has 22 heavy (non-hydrogen) atoms. The zero-order valence-electron chi connectivity index (χ0n) is 13.0. The first-order valence-electron chi connectivity index (χ1n) is 7.51. The molecule has 0 aliphatic carbocycles. The lowest BCUT2D eigenvalue weighted by Crippen LogP contribution is -2.19. The number of nitrogens with zero attached hydrogens (tertiary/aromatic N) is 1. The summed E-state index contributed by atoms with van der Waals surface area (Å²) < 4.78 is 5.31. The Labute approximate surface area is 131 Å². The van der Waals surface area contributed by atoms with Crippen LogP contribution in [0.4, 0.5) is 0 Å². The van der Waals surface area contributed by atoms with Crippen LogP contribution in [0.15, 0.2) is 59.6 Å². The molecule has 0 heterocycles. The molecule has 0 spiro atoms. The predicted octanol–water partition coefficient (Wildman–Crippen LogP) is 4.17. The molecule has 2 aromatic carbocycles. The van der Waals surface area contributed by atoms with Crippen molar-refractivity contribution < 1.29 is 9.53 Å². The van der Waals surface area contributed by atoms with Gasteiger partial charge in [-0.05, 0) is 18.6 Å². The van der Waals surface area contributed by atoms with Crippen molar-refractivity contribution in [1.82, 2.24) is 0 Å². The second-order valence-electron chi connectivity index (χ2n) is 5.05. The first-order valence-corrected chi connectivity index (χ1v) is 7.51. The second kappa shape index (κ2) is 8.13. The van der Waals surface area contributed by atoms with Crippen LogP contribution in [0.1, 0.15) is 35.7 Å². The summed E-state index contributed by atoms with van der Waals surface area (Å²) in [6.07, 6.45) is 3.38. The predicted molar refractivity (Wildman–Crippen MR) is 90.1 cm³/mol. The summed E-state index contributed by atoms with van der Waals surface area (Å²) in [6.45, 7) is 2.06. The molecule has 0 aromatic heterocycles. The summed E-state index contributed by atoms with van der Waals surface area (Å²) in [6, 6.07) is 16.6. The van der Waals surface area contributed by atoms with Crippen LogP contribution in [0.25, 0.3) is 0 Å². The Bertz CT molecular complexity index is 635. The number of Topliss-reactive ketones (excluding diaryl/α,β-unsaturated/α-hetero) is 1. The molecule has 0 bridgehead atoms.